The Morgan fingerprint density at radius 3 is 2.28 bits per heavy atom. The maximum absolute atomic E-state index is 2.50. The van der Waals surface area contributed by atoms with Gasteiger partial charge in [-0.1, -0.05) is 89.1 Å². The van der Waals surface area contributed by atoms with Gasteiger partial charge >= 0.3 is 0 Å². The third-order valence-corrected chi connectivity index (χ3v) is 5.46. The summed E-state index contributed by atoms with van der Waals surface area (Å²) < 4.78 is 0. The fourth-order valence-corrected chi connectivity index (χ4v) is 4.07. The minimum Gasteiger partial charge on any atom is -0.0654 e. The molecule has 0 spiro atoms. The van der Waals surface area contributed by atoms with Gasteiger partial charge in [0, 0.05) is 0 Å². The van der Waals surface area contributed by atoms with Crippen molar-refractivity contribution in [1.29, 1.82) is 0 Å². The van der Waals surface area contributed by atoms with Crippen LogP contribution in [0, 0.1) is 0 Å². The quantitative estimate of drug-likeness (QED) is 0.507. The van der Waals surface area contributed by atoms with E-state index in [4.69, 9.17) is 0 Å². The third-order valence-electron chi connectivity index (χ3n) is 5.46. The minimum atomic E-state index is 0.536. The zero-order valence-electron chi connectivity index (χ0n) is 16.5. The number of allylic oxidation sites excluding steroid dienone is 1. The number of unbranched alkanes of at least 4 members (excludes halogenated alkanes) is 1. The van der Waals surface area contributed by atoms with Crippen molar-refractivity contribution in [3.63, 3.8) is 0 Å². The van der Waals surface area contributed by atoms with Crippen molar-refractivity contribution in [1.82, 2.24) is 0 Å². The monoisotopic (exact) mass is 332 g/mol. The number of fused-ring (bicyclic) bond motifs is 1. The fourth-order valence-electron chi connectivity index (χ4n) is 4.07. The van der Waals surface area contributed by atoms with Gasteiger partial charge in [-0.05, 0) is 64.5 Å². The third kappa shape index (κ3) is 3.59. The van der Waals surface area contributed by atoms with Gasteiger partial charge in [0.25, 0.3) is 0 Å². The molecule has 0 nitrogen and oxygen atoms in total. The van der Waals surface area contributed by atoms with Gasteiger partial charge in [-0.2, -0.15) is 0 Å². The highest BCUT2D eigenvalue weighted by atomic mass is 14.3. The van der Waals surface area contributed by atoms with Crippen molar-refractivity contribution in [2.75, 3.05) is 0 Å². The molecule has 0 bridgehead atoms. The summed E-state index contributed by atoms with van der Waals surface area (Å²) in [6, 6.07) is 13.8. The molecule has 0 saturated carbocycles. The summed E-state index contributed by atoms with van der Waals surface area (Å²) >= 11 is 0. The zero-order chi connectivity index (χ0) is 18.0. The second-order valence-electron chi connectivity index (χ2n) is 8.08. The van der Waals surface area contributed by atoms with Gasteiger partial charge in [0.2, 0.25) is 0 Å². The molecular formula is C25H32. The van der Waals surface area contributed by atoms with Crippen molar-refractivity contribution in [3.05, 3.63) is 64.2 Å². The van der Waals surface area contributed by atoms with Crippen molar-refractivity contribution >= 4 is 6.08 Å². The first-order valence-electron chi connectivity index (χ1n) is 9.97. The first-order valence-corrected chi connectivity index (χ1v) is 9.97. The predicted molar refractivity (Wildman–Crippen MR) is 111 cm³/mol. The Morgan fingerprint density at radius 2 is 1.60 bits per heavy atom. The molecule has 0 aromatic heterocycles. The Kier molecular flexibility index (Phi) is 5.47. The molecule has 132 valence electrons. The standard InChI is InChI=1S/C25H32/c1-6-7-10-19-15-20-13-14-22(18(4)5)25(24(20)16-19)23-12-9-8-11-21(23)17(2)3/h8-9,11-14,16-18H,6-7,10,15H2,1-5H3. The molecule has 0 N–H and O–H groups in total. The maximum Gasteiger partial charge on any atom is -0.00576 e. The van der Waals surface area contributed by atoms with E-state index in [2.05, 4.69) is 77.1 Å². The molecular weight excluding hydrogens is 300 g/mol. The van der Waals surface area contributed by atoms with Gasteiger partial charge in [-0.15, -0.1) is 0 Å². The van der Waals surface area contributed by atoms with Crippen molar-refractivity contribution in [3.8, 4) is 11.1 Å². The van der Waals surface area contributed by atoms with Gasteiger partial charge in [-0.3, -0.25) is 0 Å². The van der Waals surface area contributed by atoms with E-state index in [1.807, 2.05) is 0 Å². The summed E-state index contributed by atoms with van der Waals surface area (Å²) in [4.78, 5) is 0. The summed E-state index contributed by atoms with van der Waals surface area (Å²) in [5, 5.41) is 0. The molecule has 0 aliphatic heterocycles. The molecule has 2 aromatic rings. The Bertz CT molecular complexity index is 775. The van der Waals surface area contributed by atoms with Crippen LogP contribution in [-0.2, 0) is 6.42 Å². The Balaban J connectivity index is 2.19. The van der Waals surface area contributed by atoms with E-state index in [1.54, 1.807) is 5.57 Å². The molecule has 0 heteroatoms. The van der Waals surface area contributed by atoms with Crippen LogP contribution in [0.25, 0.3) is 17.2 Å². The normalized spacial score (nSPS) is 13.5. The van der Waals surface area contributed by atoms with E-state index in [0.29, 0.717) is 11.8 Å². The Hall–Kier alpha value is -1.82. The van der Waals surface area contributed by atoms with E-state index in [-0.39, 0.29) is 0 Å². The number of benzene rings is 2. The van der Waals surface area contributed by atoms with E-state index in [0.717, 1.165) is 6.42 Å². The van der Waals surface area contributed by atoms with Crippen LogP contribution in [0.15, 0.2) is 42.0 Å². The largest absolute Gasteiger partial charge is 0.0654 e. The highest BCUT2D eigenvalue weighted by molar-refractivity contribution is 5.85. The lowest BCUT2D eigenvalue weighted by atomic mass is 9.83. The van der Waals surface area contributed by atoms with Crippen molar-refractivity contribution in [2.24, 2.45) is 0 Å². The minimum absolute atomic E-state index is 0.536. The average Bonchev–Trinajstić information content (AvgIpc) is 3.01. The first-order chi connectivity index (χ1) is 12.0. The summed E-state index contributed by atoms with van der Waals surface area (Å²) in [6.45, 7) is 11.5. The van der Waals surface area contributed by atoms with Crippen LogP contribution in [0.2, 0.25) is 0 Å². The fraction of sp³-hybridized carbons (Fsp3) is 0.440. The van der Waals surface area contributed by atoms with Gasteiger partial charge in [0.05, 0.1) is 0 Å². The number of hydrogen-bond donors (Lipinski definition) is 0. The summed E-state index contributed by atoms with van der Waals surface area (Å²) in [6.07, 6.45) is 7.46. The van der Waals surface area contributed by atoms with Crippen molar-refractivity contribution in [2.45, 2.75) is 72.1 Å². The smallest absolute Gasteiger partial charge is 0.00576 e. The van der Waals surface area contributed by atoms with Crippen LogP contribution in [0.5, 0.6) is 0 Å². The molecule has 0 saturated heterocycles. The molecule has 25 heavy (non-hydrogen) atoms. The average molecular weight is 333 g/mol. The zero-order valence-corrected chi connectivity index (χ0v) is 16.5. The molecule has 0 atom stereocenters. The van der Waals surface area contributed by atoms with Crippen LogP contribution in [0.3, 0.4) is 0 Å². The van der Waals surface area contributed by atoms with Crippen LogP contribution in [0.4, 0.5) is 0 Å². The first kappa shape index (κ1) is 18.0. The maximum atomic E-state index is 2.50. The number of rotatable bonds is 6. The molecule has 0 radical (unpaired) electrons. The van der Waals surface area contributed by atoms with E-state index in [9.17, 15) is 0 Å². The van der Waals surface area contributed by atoms with Crippen molar-refractivity contribution < 1.29 is 0 Å². The Morgan fingerprint density at radius 1 is 0.880 bits per heavy atom. The molecule has 0 amide bonds. The lowest BCUT2D eigenvalue weighted by Crippen LogP contribution is -2.01. The van der Waals surface area contributed by atoms with Gasteiger partial charge in [-0.25, -0.2) is 0 Å². The van der Waals surface area contributed by atoms with Crippen LogP contribution in [-0.4, -0.2) is 0 Å². The molecule has 1 aliphatic carbocycles. The van der Waals surface area contributed by atoms with E-state index < -0.39 is 0 Å². The number of hydrogen-bond acceptors (Lipinski definition) is 0. The highest BCUT2D eigenvalue weighted by Gasteiger charge is 2.22. The lowest BCUT2D eigenvalue weighted by molar-refractivity contribution is 0.779. The van der Waals surface area contributed by atoms with Gasteiger partial charge in [0.1, 0.15) is 0 Å². The summed E-state index contributed by atoms with van der Waals surface area (Å²) in [5.41, 5.74) is 10.5. The molecule has 0 fully saturated rings. The summed E-state index contributed by atoms with van der Waals surface area (Å²) in [7, 11) is 0. The SMILES string of the molecule is CCCCC1=Cc2c(ccc(C(C)C)c2-c2ccccc2C(C)C)C1. The topological polar surface area (TPSA) is 0 Å². The van der Waals surface area contributed by atoms with E-state index >= 15 is 0 Å². The lowest BCUT2D eigenvalue weighted by Gasteiger charge is -2.21. The second kappa shape index (κ2) is 7.60. The van der Waals surface area contributed by atoms with E-state index in [1.165, 1.54) is 52.6 Å². The molecule has 0 unspecified atom stereocenters. The summed E-state index contributed by atoms with van der Waals surface area (Å²) in [5.74, 6) is 1.07. The van der Waals surface area contributed by atoms with Crippen LogP contribution < -0.4 is 0 Å². The van der Waals surface area contributed by atoms with Gasteiger partial charge < -0.3 is 0 Å². The molecule has 2 aromatic carbocycles. The molecule has 1 aliphatic rings. The highest BCUT2D eigenvalue weighted by Crippen LogP contribution is 2.42. The predicted octanol–water partition coefficient (Wildman–Crippen LogP) is 7.73. The second-order valence-corrected chi connectivity index (χ2v) is 8.08. The molecule has 3 rings (SSSR count). The van der Waals surface area contributed by atoms with Gasteiger partial charge in [0.15, 0.2) is 0 Å². The van der Waals surface area contributed by atoms with Crippen LogP contribution in [0.1, 0.15) is 88.0 Å². The Labute approximate surface area is 154 Å². The van der Waals surface area contributed by atoms with Crippen LogP contribution >= 0.6 is 0 Å². The molecule has 0 heterocycles.